The van der Waals surface area contributed by atoms with Crippen LogP contribution in [0.5, 0.6) is 0 Å². The van der Waals surface area contributed by atoms with Gasteiger partial charge in [0.25, 0.3) is 0 Å². The fourth-order valence-corrected chi connectivity index (χ4v) is 2.62. The molecule has 0 amide bonds. The summed E-state index contributed by atoms with van der Waals surface area (Å²) >= 11 is 3.59. The number of aliphatic hydroxyl groups excluding tert-OH is 1. The third-order valence-corrected chi connectivity index (χ3v) is 4.22. The first kappa shape index (κ1) is 15.4. The molecule has 20 heavy (non-hydrogen) atoms. The monoisotopic (exact) mass is 348 g/mol. The molecule has 2 heterocycles. The summed E-state index contributed by atoms with van der Waals surface area (Å²) in [6.45, 7) is 1.77. The van der Waals surface area contributed by atoms with Crippen molar-refractivity contribution >= 4 is 21.9 Å². The molecule has 0 radical (unpaired) electrons. The van der Waals surface area contributed by atoms with Gasteiger partial charge in [-0.15, -0.1) is 0 Å². The molecule has 2 unspecified atom stereocenters. The standard InChI is InChI=1S/C11H17BrN4O4/c12-9-1-4-20-7-10(9)13-5-8-6-15(2-3-17)11(14-8)16(18)19/h6,9-10,13,17H,1-5,7H2. The molecular weight excluding hydrogens is 332 g/mol. The molecule has 112 valence electrons. The molecule has 1 aromatic rings. The highest BCUT2D eigenvalue weighted by molar-refractivity contribution is 9.09. The highest BCUT2D eigenvalue weighted by Gasteiger charge is 2.24. The molecule has 0 aliphatic carbocycles. The average molecular weight is 349 g/mol. The highest BCUT2D eigenvalue weighted by Crippen LogP contribution is 2.17. The number of nitrogens with one attached hydrogen (secondary N) is 1. The maximum absolute atomic E-state index is 10.9. The van der Waals surface area contributed by atoms with Crippen LogP contribution in [0.15, 0.2) is 6.20 Å². The van der Waals surface area contributed by atoms with Crippen molar-refractivity contribution in [2.24, 2.45) is 0 Å². The van der Waals surface area contributed by atoms with Crippen molar-refractivity contribution in [3.8, 4) is 0 Å². The van der Waals surface area contributed by atoms with E-state index < -0.39 is 4.92 Å². The highest BCUT2D eigenvalue weighted by atomic mass is 79.9. The van der Waals surface area contributed by atoms with Gasteiger partial charge in [-0.05, 0) is 11.3 Å². The summed E-state index contributed by atoms with van der Waals surface area (Å²) in [6.07, 6.45) is 2.52. The fraction of sp³-hybridized carbons (Fsp3) is 0.727. The van der Waals surface area contributed by atoms with Gasteiger partial charge in [0.05, 0.1) is 26.3 Å². The Morgan fingerprint density at radius 2 is 2.50 bits per heavy atom. The number of rotatable bonds is 6. The number of hydrogen-bond donors (Lipinski definition) is 2. The van der Waals surface area contributed by atoms with Crippen LogP contribution in [0.3, 0.4) is 0 Å². The van der Waals surface area contributed by atoms with Gasteiger partial charge in [-0.1, -0.05) is 20.9 Å². The number of hydrogen-bond acceptors (Lipinski definition) is 6. The van der Waals surface area contributed by atoms with Crippen molar-refractivity contribution < 1.29 is 14.8 Å². The van der Waals surface area contributed by atoms with Crippen molar-refractivity contribution in [2.75, 3.05) is 19.8 Å². The zero-order chi connectivity index (χ0) is 14.5. The Hall–Kier alpha value is -1.03. The summed E-state index contributed by atoms with van der Waals surface area (Å²) in [4.78, 5) is 14.6. The zero-order valence-electron chi connectivity index (χ0n) is 10.9. The normalized spacial score (nSPS) is 22.9. The number of halogens is 1. The van der Waals surface area contributed by atoms with Crippen molar-refractivity contribution in [2.45, 2.75) is 30.4 Å². The Balaban J connectivity index is 1.98. The number of aromatic nitrogens is 2. The Bertz CT molecular complexity index is 467. The summed E-state index contributed by atoms with van der Waals surface area (Å²) in [5, 5.41) is 23.0. The van der Waals surface area contributed by atoms with E-state index in [1.807, 2.05) is 0 Å². The van der Waals surface area contributed by atoms with Gasteiger partial charge in [-0.2, -0.15) is 0 Å². The van der Waals surface area contributed by atoms with Crippen LogP contribution in [0.2, 0.25) is 0 Å². The molecule has 1 aromatic heterocycles. The van der Waals surface area contributed by atoms with Gasteiger partial charge in [0.15, 0.2) is 5.69 Å². The van der Waals surface area contributed by atoms with E-state index in [1.54, 1.807) is 6.20 Å². The summed E-state index contributed by atoms with van der Waals surface area (Å²) in [6, 6.07) is 0.158. The minimum absolute atomic E-state index is 0.158. The van der Waals surface area contributed by atoms with Gasteiger partial charge in [0, 0.05) is 17.5 Å². The van der Waals surface area contributed by atoms with Crippen LogP contribution in [0.4, 0.5) is 5.95 Å². The van der Waals surface area contributed by atoms with E-state index in [-0.39, 0.29) is 25.1 Å². The molecule has 1 saturated heterocycles. The first-order chi connectivity index (χ1) is 9.61. The molecular formula is C11H17BrN4O4. The number of aliphatic hydroxyl groups is 1. The number of imidazole rings is 1. The quantitative estimate of drug-likeness (QED) is 0.439. The Kier molecular flexibility index (Phi) is 5.46. The van der Waals surface area contributed by atoms with Crippen molar-refractivity contribution in [1.29, 1.82) is 0 Å². The van der Waals surface area contributed by atoms with E-state index in [2.05, 4.69) is 26.2 Å². The lowest BCUT2D eigenvalue weighted by atomic mass is 10.1. The number of ether oxygens (including phenoxy) is 1. The van der Waals surface area contributed by atoms with Gasteiger partial charge in [-0.3, -0.25) is 0 Å². The van der Waals surface area contributed by atoms with Gasteiger partial charge in [0.2, 0.25) is 0 Å². The van der Waals surface area contributed by atoms with Crippen LogP contribution in [-0.4, -0.2) is 50.3 Å². The van der Waals surface area contributed by atoms with Gasteiger partial charge in [0.1, 0.15) is 6.20 Å². The smallest absolute Gasteiger partial charge is 0.393 e. The summed E-state index contributed by atoms with van der Waals surface area (Å²) in [5.74, 6) is -0.244. The minimum Gasteiger partial charge on any atom is -0.393 e. The van der Waals surface area contributed by atoms with Gasteiger partial charge in [-0.25, -0.2) is 4.57 Å². The maximum atomic E-state index is 10.9. The number of nitro groups is 1. The van der Waals surface area contributed by atoms with Crippen LogP contribution in [0, 0.1) is 10.1 Å². The van der Waals surface area contributed by atoms with E-state index in [9.17, 15) is 10.1 Å². The van der Waals surface area contributed by atoms with Crippen molar-refractivity contribution in [1.82, 2.24) is 14.9 Å². The molecule has 1 aliphatic heterocycles. The molecule has 1 fully saturated rings. The summed E-state index contributed by atoms with van der Waals surface area (Å²) in [7, 11) is 0. The molecule has 0 bridgehead atoms. The van der Waals surface area contributed by atoms with Crippen LogP contribution in [0.25, 0.3) is 0 Å². The third-order valence-electron chi connectivity index (χ3n) is 3.13. The Morgan fingerprint density at radius 1 is 1.70 bits per heavy atom. The lowest BCUT2D eigenvalue weighted by molar-refractivity contribution is -0.396. The maximum Gasteiger partial charge on any atom is 0.434 e. The minimum atomic E-state index is -0.545. The SMILES string of the molecule is O=[N+]([O-])c1nc(CNC2COCCC2Br)cn1CCO. The third kappa shape index (κ3) is 3.75. The molecule has 0 saturated carbocycles. The lowest BCUT2D eigenvalue weighted by Gasteiger charge is -2.27. The summed E-state index contributed by atoms with van der Waals surface area (Å²) < 4.78 is 6.73. The van der Waals surface area contributed by atoms with Crippen LogP contribution in [0.1, 0.15) is 12.1 Å². The zero-order valence-corrected chi connectivity index (χ0v) is 12.5. The van der Waals surface area contributed by atoms with Crippen LogP contribution >= 0.6 is 15.9 Å². The average Bonchev–Trinajstić information content (AvgIpc) is 2.82. The van der Waals surface area contributed by atoms with Gasteiger partial charge >= 0.3 is 5.95 Å². The molecule has 0 aromatic carbocycles. The Morgan fingerprint density at radius 3 is 3.15 bits per heavy atom. The van der Waals surface area contributed by atoms with Gasteiger partial charge < -0.3 is 25.3 Å². The summed E-state index contributed by atoms with van der Waals surface area (Å²) in [5.41, 5.74) is 0.579. The van der Waals surface area contributed by atoms with E-state index in [0.29, 0.717) is 23.7 Å². The number of nitrogens with zero attached hydrogens (tertiary/aromatic N) is 3. The molecule has 0 spiro atoms. The van der Waals surface area contributed by atoms with Crippen molar-refractivity contribution in [3.63, 3.8) is 0 Å². The predicted molar refractivity (Wildman–Crippen MR) is 74.7 cm³/mol. The molecule has 9 heteroatoms. The topological polar surface area (TPSA) is 102 Å². The fourth-order valence-electron chi connectivity index (χ4n) is 2.10. The number of alkyl halides is 1. The van der Waals surface area contributed by atoms with E-state index >= 15 is 0 Å². The largest absolute Gasteiger partial charge is 0.434 e. The van der Waals surface area contributed by atoms with E-state index in [0.717, 1.165) is 13.0 Å². The molecule has 1 aliphatic rings. The second-order valence-electron chi connectivity index (χ2n) is 4.57. The molecule has 2 N–H and O–H groups in total. The lowest BCUT2D eigenvalue weighted by Crippen LogP contribution is -2.44. The molecule has 2 rings (SSSR count). The molecule has 8 nitrogen and oxygen atoms in total. The predicted octanol–water partition coefficient (Wildman–Crippen LogP) is 0.426. The second kappa shape index (κ2) is 7.11. The van der Waals surface area contributed by atoms with Crippen molar-refractivity contribution in [3.05, 3.63) is 22.0 Å². The molecule has 2 atom stereocenters. The van der Waals surface area contributed by atoms with E-state index in [1.165, 1.54) is 4.57 Å². The first-order valence-corrected chi connectivity index (χ1v) is 7.30. The second-order valence-corrected chi connectivity index (χ2v) is 5.75. The first-order valence-electron chi connectivity index (χ1n) is 6.38. The Labute approximate surface area is 124 Å². The van der Waals surface area contributed by atoms with Crippen LogP contribution < -0.4 is 5.32 Å². The van der Waals surface area contributed by atoms with E-state index in [4.69, 9.17) is 9.84 Å². The van der Waals surface area contributed by atoms with Crippen LogP contribution in [-0.2, 0) is 17.8 Å².